The van der Waals surface area contributed by atoms with E-state index < -0.39 is 63.6 Å². The first-order chi connectivity index (χ1) is 17.6. The van der Waals surface area contributed by atoms with Gasteiger partial charge in [-0.2, -0.15) is 8.78 Å². The molecule has 3 rings (SSSR count). The Hall–Kier alpha value is -4.00. The largest absolute Gasteiger partial charge is 0.487 e. The zero-order chi connectivity index (χ0) is 27.1. The molecule has 3 nitrogen and oxygen atoms in total. The van der Waals surface area contributed by atoms with Gasteiger partial charge in [0.05, 0.1) is 12.2 Å². The van der Waals surface area contributed by atoms with Crippen LogP contribution in [0.4, 0.5) is 30.7 Å². The fourth-order valence-corrected chi connectivity index (χ4v) is 3.13. The number of hydrogen-bond acceptors (Lipinski definition) is 3. The van der Waals surface area contributed by atoms with Crippen LogP contribution in [0, 0.1) is 52.6 Å². The summed E-state index contributed by atoms with van der Waals surface area (Å²) >= 11 is 0. The summed E-state index contributed by atoms with van der Waals surface area (Å²) in [6.45, 7) is 1.86. The van der Waals surface area contributed by atoms with Gasteiger partial charge in [-0.3, -0.25) is 0 Å². The Bertz CT molecular complexity index is 1310. The number of carbonyl (C=O) groups excluding carboxylic acids is 1. The highest BCUT2D eigenvalue weighted by Gasteiger charge is 2.26. The maximum Gasteiger partial charge on any atom is 0.343 e. The van der Waals surface area contributed by atoms with E-state index in [1.807, 2.05) is 12.8 Å². The second kappa shape index (κ2) is 12.3. The molecule has 0 aromatic heterocycles. The monoisotopic (exact) mass is 524 g/mol. The van der Waals surface area contributed by atoms with E-state index in [1.165, 1.54) is 24.3 Å². The maximum absolute atomic E-state index is 14.4. The van der Waals surface area contributed by atoms with E-state index in [2.05, 4.69) is 5.92 Å². The molecular weight excluding hydrogens is 505 g/mol. The minimum Gasteiger partial charge on any atom is -0.487 e. The predicted molar refractivity (Wildman–Crippen MR) is 120 cm³/mol. The molecule has 37 heavy (non-hydrogen) atoms. The van der Waals surface area contributed by atoms with Crippen molar-refractivity contribution in [2.24, 2.45) is 0 Å². The summed E-state index contributed by atoms with van der Waals surface area (Å²) in [6.07, 6.45) is 2.99. The first kappa shape index (κ1) is 27.6. The molecule has 0 aliphatic carbocycles. The number of halogens is 7. The van der Waals surface area contributed by atoms with E-state index in [9.17, 15) is 35.5 Å². The maximum atomic E-state index is 14.4. The summed E-state index contributed by atoms with van der Waals surface area (Å²) in [5.41, 5.74) is -1.60. The zero-order valence-electron chi connectivity index (χ0n) is 19.4. The average Bonchev–Trinajstić information content (AvgIpc) is 2.88. The van der Waals surface area contributed by atoms with Crippen molar-refractivity contribution in [1.82, 2.24) is 0 Å². The Morgan fingerprint density at radius 3 is 1.92 bits per heavy atom. The van der Waals surface area contributed by atoms with Crippen molar-refractivity contribution in [3.63, 3.8) is 0 Å². The molecule has 0 fully saturated rings. The van der Waals surface area contributed by atoms with E-state index in [-0.39, 0.29) is 17.9 Å². The normalized spacial score (nSPS) is 10.6. The lowest BCUT2D eigenvalue weighted by Gasteiger charge is -2.11. The molecule has 0 amide bonds. The van der Waals surface area contributed by atoms with Gasteiger partial charge in [-0.1, -0.05) is 38.0 Å². The van der Waals surface area contributed by atoms with Gasteiger partial charge in [0, 0.05) is 5.56 Å². The lowest BCUT2D eigenvalue weighted by Crippen LogP contribution is -2.10. The number of esters is 1. The number of carbonyl (C=O) groups is 1. The Labute approximate surface area is 207 Å². The molecule has 0 spiro atoms. The molecule has 10 heteroatoms. The van der Waals surface area contributed by atoms with Crippen molar-refractivity contribution in [2.75, 3.05) is 6.61 Å². The molecule has 0 aliphatic rings. The molecule has 0 unspecified atom stereocenters. The smallest absolute Gasteiger partial charge is 0.343 e. The molecule has 3 aromatic rings. The van der Waals surface area contributed by atoms with Crippen molar-refractivity contribution >= 4 is 5.97 Å². The second-order valence-corrected chi connectivity index (χ2v) is 7.79. The van der Waals surface area contributed by atoms with Gasteiger partial charge in [0.25, 0.3) is 0 Å². The molecule has 0 radical (unpaired) electrons. The van der Waals surface area contributed by atoms with Gasteiger partial charge in [0.2, 0.25) is 11.6 Å². The third-order valence-electron chi connectivity index (χ3n) is 5.08. The summed E-state index contributed by atoms with van der Waals surface area (Å²) in [6, 6.07) is 5.81. The third-order valence-corrected chi connectivity index (χ3v) is 5.08. The van der Waals surface area contributed by atoms with E-state index in [4.69, 9.17) is 9.47 Å². The van der Waals surface area contributed by atoms with Crippen LogP contribution in [0.3, 0.4) is 0 Å². The SMILES string of the molecule is CCCCCCOc1c(F)c(F)c(C#Cc2ccc(OC(=O)c3cc(F)c(F)c(F)c3)cc2)c(F)c1F. The molecule has 0 atom stereocenters. The van der Waals surface area contributed by atoms with Crippen LogP contribution in [0.15, 0.2) is 36.4 Å². The lowest BCUT2D eigenvalue weighted by molar-refractivity contribution is 0.0733. The van der Waals surface area contributed by atoms with Crippen molar-refractivity contribution in [2.45, 2.75) is 32.6 Å². The van der Waals surface area contributed by atoms with Gasteiger partial charge in [0.1, 0.15) is 11.3 Å². The lowest BCUT2D eigenvalue weighted by atomic mass is 10.1. The van der Waals surface area contributed by atoms with Crippen LogP contribution in [0.1, 0.15) is 54.1 Å². The van der Waals surface area contributed by atoms with Crippen molar-refractivity contribution in [3.8, 4) is 23.3 Å². The summed E-state index contributed by atoms with van der Waals surface area (Å²) in [5.74, 6) is -9.77. The highest BCUT2D eigenvalue weighted by molar-refractivity contribution is 5.91. The Kier molecular flexibility index (Phi) is 9.17. The number of hydrogen-bond donors (Lipinski definition) is 0. The predicted octanol–water partition coefficient (Wildman–Crippen LogP) is 7.24. The van der Waals surface area contributed by atoms with Crippen molar-refractivity contribution in [3.05, 3.63) is 93.8 Å². The summed E-state index contributed by atoms with van der Waals surface area (Å²) in [4.78, 5) is 12.0. The molecule has 0 heterocycles. The summed E-state index contributed by atoms with van der Waals surface area (Å²) in [5, 5.41) is 0. The van der Waals surface area contributed by atoms with Crippen molar-refractivity contribution in [1.29, 1.82) is 0 Å². The standard InChI is InChI=1S/C27H19F7O3/c1-2-3-4-5-12-36-26-24(33)21(30)18(22(31)25(26)34)11-8-15-6-9-17(10-7-15)37-27(35)16-13-19(28)23(32)20(29)14-16/h6-7,9-10,13-14H,2-5,12H2,1H3. The minimum atomic E-state index is -1.74. The summed E-state index contributed by atoms with van der Waals surface area (Å²) in [7, 11) is 0. The first-order valence-electron chi connectivity index (χ1n) is 11.1. The number of rotatable bonds is 8. The molecule has 3 aromatic carbocycles. The minimum absolute atomic E-state index is 0.101. The van der Waals surface area contributed by atoms with Crippen LogP contribution in [-0.2, 0) is 0 Å². The highest BCUT2D eigenvalue weighted by Crippen LogP contribution is 2.30. The van der Waals surface area contributed by atoms with Gasteiger partial charge in [-0.15, -0.1) is 0 Å². The molecular formula is C27H19F7O3. The van der Waals surface area contributed by atoms with Gasteiger partial charge in [-0.25, -0.2) is 26.7 Å². The van der Waals surface area contributed by atoms with E-state index >= 15 is 0 Å². The van der Waals surface area contributed by atoms with E-state index in [1.54, 1.807) is 0 Å². The van der Waals surface area contributed by atoms with Crippen molar-refractivity contribution < 1.29 is 45.0 Å². The van der Waals surface area contributed by atoms with Crippen LogP contribution in [0.2, 0.25) is 0 Å². The van der Waals surface area contributed by atoms with Gasteiger partial charge in [-0.05, 0) is 42.8 Å². The molecule has 0 saturated carbocycles. The fourth-order valence-electron chi connectivity index (χ4n) is 3.13. The Balaban J connectivity index is 1.74. The number of ether oxygens (including phenoxy) is 2. The van der Waals surface area contributed by atoms with Crippen LogP contribution >= 0.6 is 0 Å². The average molecular weight is 524 g/mol. The number of unbranched alkanes of at least 4 members (excludes halogenated alkanes) is 3. The molecule has 0 N–H and O–H groups in total. The van der Waals surface area contributed by atoms with Gasteiger partial charge >= 0.3 is 5.97 Å². The molecule has 194 valence electrons. The van der Waals surface area contributed by atoms with Crippen LogP contribution in [0.5, 0.6) is 11.5 Å². The Morgan fingerprint density at radius 2 is 1.35 bits per heavy atom. The van der Waals surface area contributed by atoms with E-state index in [0.29, 0.717) is 18.6 Å². The van der Waals surface area contributed by atoms with Crippen LogP contribution in [-0.4, -0.2) is 12.6 Å². The van der Waals surface area contributed by atoms with Crippen LogP contribution in [0.25, 0.3) is 0 Å². The molecule has 0 saturated heterocycles. The van der Waals surface area contributed by atoms with E-state index in [0.717, 1.165) is 19.3 Å². The zero-order valence-corrected chi connectivity index (χ0v) is 19.4. The molecule has 0 bridgehead atoms. The first-order valence-corrected chi connectivity index (χ1v) is 11.1. The second-order valence-electron chi connectivity index (χ2n) is 7.79. The molecule has 0 aliphatic heterocycles. The van der Waals surface area contributed by atoms with Gasteiger partial charge in [0.15, 0.2) is 34.8 Å². The quantitative estimate of drug-likeness (QED) is 0.0593. The van der Waals surface area contributed by atoms with Crippen LogP contribution < -0.4 is 9.47 Å². The summed E-state index contributed by atoms with van der Waals surface area (Å²) < 4.78 is 107. The Morgan fingerprint density at radius 1 is 0.757 bits per heavy atom. The fraction of sp³-hybridized carbons (Fsp3) is 0.222. The highest BCUT2D eigenvalue weighted by atomic mass is 19.2. The third kappa shape index (κ3) is 6.61. The topological polar surface area (TPSA) is 35.5 Å². The van der Waals surface area contributed by atoms with Gasteiger partial charge < -0.3 is 9.47 Å². The number of benzene rings is 3.